The Bertz CT molecular complexity index is 847. The van der Waals surface area contributed by atoms with Crippen LogP contribution in [0.5, 0.6) is 17.2 Å². The quantitative estimate of drug-likeness (QED) is 0.460. The van der Waals surface area contributed by atoms with Crippen molar-refractivity contribution in [2.75, 3.05) is 26.6 Å². The van der Waals surface area contributed by atoms with Crippen molar-refractivity contribution in [3.8, 4) is 17.2 Å². The maximum atomic E-state index is 11.9. The molecule has 0 aliphatic rings. The van der Waals surface area contributed by atoms with E-state index in [4.69, 9.17) is 14.2 Å². The first-order valence-corrected chi connectivity index (χ1v) is 8.00. The smallest absolute Gasteiger partial charge is 0.329 e. The molecule has 8 heteroatoms. The van der Waals surface area contributed by atoms with Crippen molar-refractivity contribution in [3.05, 3.63) is 47.5 Å². The Kier molecular flexibility index (Phi) is 6.76. The molecule has 0 spiro atoms. The van der Waals surface area contributed by atoms with Crippen LogP contribution in [-0.2, 0) is 9.59 Å². The fourth-order valence-electron chi connectivity index (χ4n) is 2.26. The molecule has 2 amide bonds. The van der Waals surface area contributed by atoms with Crippen LogP contribution < -0.4 is 25.0 Å². The Morgan fingerprint density at radius 1 is 0.889 bits per heavy atom. The summed E-state index contributed by atoms with van der Waals surface area (Å²) in [5.74, 6) is -0.444. The molecule has 2 N–H and O–H groups in total. The zero-order chi connectivity index (χ0) is 19.8. The van der Waals surface area contributed by atoms with Gasteiger partial charge in [-0.2, -0.15) is 5.10 Å². The number of nitrogens with zero attached hydrogens (tertiary/aromatic N) is 1. The summed E-state index contributed by atoms with van der Waals surface area (Å²) in [5.41, 5.74) is 4.27. The number of carbonyl (C=O) groups is 2. The molecule has 0 saturated heterocycles. The summed E-state index contributed by atoms with van der Waals surface area (Å²) >= 11 is 0. The van der Waals surface area contributed by atoms with Crippen molar-refractivity contribution >= 4 is 23.7 Å². The second kappa shape index (κ2) is 9.23. The Morgan fingerprint density at radius 3 is 2.15 bits per heavy atom. The largest absolute Gasteiger partial charge is 0.493 e. The number of ether oxygens (including phenoxy) is 3. The predicted molar refractivity (Wildman–Crippen MR) is 102 cm³/mol. The van der Waals surface area contributed by atoms with Crippen molar-refractivity contribution < 1.29 is 23.8 Å². The molecule has 0 aliphatic heterocycles. The van der Waals surface area contributed by atoms with Gasteiger partial charge in [0.15, 0.2) is 11.5 Å². The second-order valence-corrected chi connectivity index (χ2v) is 5.44. The van der Waals surface area contributed by atoms with Crippen molar-refractivity contribution in [1.82, 2.24) is 5.43 Å². The van der Waals surface area contributed by atoms with E-state index in [-0.39, 0.29) is 0 Å². The van der Waals surface area contributed by atoms with Gasteiger partial charge in [0.2, 0.25) is 5.75 Å². The number of hydrogen-bond donors (Lipinski definition) is 2. The summed E-state index contributed by atoms with van der Waals surface area (Å²) < 4.78 is 15.8. The molecular formula is C19H21N3O5. The van der Waals surface area contributed by atoms with E-state index in [0.29, 0.717) is 28.5 Å². The van der Waals surface area contributed by atoms with Gasteiger partial charge in [0.1, 0.15) is 0 Å². The summed E-state index contributed by atoms with van der Waals surface area (Å²) in [6, 6.07) is 10.4. The van der Waals surface area contributed by atoms with Gasteiger partial charge in [-0.15, -0.1) is 0 Å². The first-order chi connectivity index (χ1) is 13.0. The number of carbonyl (C=O) groups excluding carboxylic acids is 2. The van der Waals surface area contributed by atoms with Gasteiger partial charge < -0.3 is 19.5 Å². The van der Waals surface area contributed by atoms with Crippen molar-refractivity contribution in [1.29, 1.82) is 0 Å². The Labute approximate surface area is 157 Å². The summed E-state index contributed by atoms with van der Waals surface area (Å²) in [6.45, 7) is 1.93. The molecule has 8 nitrogen and oxygen atoms in total. The van der Waals surface area contributed by atoms with Gasteiger partial charge in [-0.25, -0.2) is 5.43 Å². The van der Waals surface area contributed by atoms with E-state index in [1.165, 1.54) is 27.5 Å². The topological polar surface area (TPSA) is 98.2 Å². The van der Waals surface area contributed by atoms with Gasteiger partial charge in [-0.05, 0) is 31.2 Å². The van der Waals surface area contributed by atoms with E-state index in [0.717, 1.165) is 5.56 Å². The average Bonchev–Trinajstić information content (AvgIpc) is 2.68. The monoisotopic (exact) mass is 371 g/mol. The highest BCUT2D eigenvalue weighted by atomic mass is 16.5. The lowest BCUT2D eigenvalue weighted by Crippen LogP contribution is -2.32. The predicted octanol–water partition coefficient (Wildman–Crippen LogP) is 2.11. The van der Waals surface area contributed by atoms with Gasteiger partial charge in [-0.1, -0.05) is 17.7 Å². The van der Waals surface area contributed by atoms with Gasteiger partial charge in [0, 0.05) is 11.3 Å². The highest BCUT2D eigenvalue weighted by Crippen LogP contribution is 2.38. The standard InChI is InChI=1S/C19H21N3O5/c1-12-5-8-14(9-6-12)21-18(23)19(24)22-20-11-13-7-10-15(25-2)17(27-4)16(13)26-3/h5-11H,1-4H3,(H,21,23)(H,22,24). The van der Waals surface area contributed by atoms with Crippen LogP contribution in [0.15, 0.2) is 41.5 Å². The van der Waals surface area contributed by atoms with E-state index in [2.05, 4.69) is 15.8 Å². The molecule has 0 heterocycles. The Hall–Kier alpha value is -3.55. The van der Waals surface area contributed by atoms with Crippen LogP contribution in [0.4, 0.5) is 5.69 Å². The first-order valence-electron chi connectivity index (χ1n) is 8.00. The zero-order valence-electron chi connectivity index (χ0n) is 15.5. The number of hydrogen-bond acceptors (Lipinski definition) is 6. The second-order valence-electron chi connectivity index (χ2n) is 5.44. The number of nitrogens with one attached hydrogen (secondary N) is 2. The normalized spacial score (nSPS) is 10.4. The van der Waals surface area contributed by atoms with Crippen LogP contribution in [0.1, 0.15) is 11.1 Å². The molecule has 0 saturated carbocycles. The molecule has 27 heavy (non-hydrogen) atoms. The minimum atomic E-state index is -0.897. The maximum absolute atomic E-state index is 11.9. The average molecular weight is 371 g/mol. The lowest BCUT2D eigenvalue weighted by molar-refractivity contribution is -0.136. The highest BCUT2D eigenvalue weighted by Gasteiger charge is 2.15. The van der Waals surface area contributed by atoms with Crippen molar-refractivity contribution in [2.24, 2.45) is 5.10 Å². The van der Waals surface area contributed by atoms with E-state index < -0.39 is 11.8 Å². The van der Waals surface area contributed by atoms with E-state index in [1.54, 1.807) is 24.3 Å². The fourth-order valence-corrected chi connectivity index (χ4v) is 2.26. The van der Waals surface area contributed by atoms with E-state index in [9.17, 15) is 9.59 Å². The van der Waals surface area contributed by atoms with Gasteiger partial charge in [-0.3, -0.25) is 9.59 Å². The number of benzene rings is 2. The van der Waals surface area contributed by atoms with Crippen LogP contribution >= 0.6 is 0 Å². The third kappa shape index (κ3) is 4.97. The molecule has 2 aromatic rings. The van der Waals surface area contributed by atoms with Crippen LogP contribution in [0.3, 0.4) is 0 Å². The lowest BCUT2D eigenvalue weighted by Gasteiger charge is -2.13. The molecule has 0 radical (unpaired) electrons. The van der Waals surface area contributed by atoms with Gasteiger partial charge >= 0.3 is 11.8 Å². The van der Waals surface area contributed by atoms with E-state index in [1.807, 2.05) is 19.1 Å². The lowest BCUT2D eigenvalue weighted by atomic mass is 10.2. The Balaban J connectivity index is 2.05. The van der Waals surface area contributed by atoms with Crippen LogP contribution in [0, 0.1) is 6.92 Å². The van der Waals surface area contributed by atoms with Crippen LogP contribution in [0.25, 0.3) is 0 Å². The molecular weight excluding hydrogens is 350 g/mol. The molecule has 2 rings (SSSR count). The SMILES string of the molecule is COc1ccc(C=NNC(=O)C(=O)Nc2ccc(C)cc2)c(OC)c1OC. The number of hydrazone groups is 1. The van der Waals surface area contributed by atoms with Crippen molar-refractivity contribution in [2.45, 2.75) is 6.92 Å². The maximum Gasteiger partial charge on any atom is 0.329 e. The number of amides is 2. The highest BCUT2D eigenvalue weighted by molar-refractivity contribution is 6.39. The number of aryl methyl sites for hydroxylation is 1. The molecule has 142 valence electrons. The minimum absolute atomic E-state index is 0.388. The van der Waals surface area contributed by atoms with Gasteiger partial charge in [0.25, 0.3) is 0 Å². The number of rotatable bonds is 6. The summed E-state index contributed by atoms with van der Waals surface area (Å²) in [6.07, 6.45) is 1.35. The summed E-state index contributed by atoms with van der Waals surface area (Å²) in [5, 5.41) is 6.28. The molecule has 0 aliphatic carbocycles. The Morgan fingerprint density at radius 2 is 1.56 bits per heavy atom. The number of methoxy groups -OCH3 is 3. The number of anilines is 1. The van der Waals surface area contributed by atoms with Crippen molar-refractivity contribution in [3.63, 3.8) is 0 Å². The molecule has 2 aromatic carbocycles. The van der Waals surface area contributed by atoms with Gasteiger partial charge in [0.05, 0.1) is 27.5 Å². The molecule has 0 aromatic heterocycles. The van der Waals surface area contributed by atoms with Crippen LogP contribution in [-0.4, -0.2) is 39.4 Å². The fraction of sp³-hybridized carbons (Fsp3) is 0.211. The summed E-state index contributed by atoms with van der Waals surface area (Å²) in [4.78, 5) is 23.8. The molecule has 0 atom stereocenters. The first kappa shape index (κ1) is 19.8. The summed E-state index contributed by atoms with van der Waals surface area (Å²) in [7, 11) is 4.47. The van der Waals surface area contributed by atoms with Crippen LogP contribution in [0.2, 0.25) is 0 Å². The van der Waals surface area contributed by atoms with E-state index >= 15 is 0 Å². The third-order valence-corrected chi connectivity index (χ3v) is 3.62. The minimum Gasteiger partial charge on any atom is -0.493 e. The molecule has 0 fully saturated rings. The molecule has 0 bridgehead atoms. The zero-order valence-corrected chi connectivity index (χ0v) is 15.5. The molecule has 0 unspecified atom stereocenters. The third-order valence-electron chi connectivity index (χ3n) is 3.62.